The molecule has 0 radical (unpaired) electrons. The molecule has 0 bridgehead atoms. The molecular formula is C11H15ClN2O3. The first-order chi connectivity index (χ1) is 8.13. The fraction of sp³-hybridized carbons (Fsp3) is 0.364. The van der Waals surface area contributed by atoms with E-state index in [1.54, 1.807) is 31.2 Å². The lowest BCUT2D eigenvalue weighted by Crippen LogP contribution is -2.37. The van der Waals surface area contributed by atoms with Crippen molar-refractivity contribution in [1.29, 1.82) is 0 Å². The van der Waals surface area contributed by atoms with E-state index in [0.717, 1.165) is 0 Å². The Kier molecular flexibility index (Phi) is 5.76. The van der Waals surface area contributed by atoms with Crippen molar-refractivity contribution in [2.45, 2.75) is 13.0 Å². The monoisotopic (exact) mass is 258 g/mol. The minimum atomic E-state index is -0.658. The molecule has 0 aliphatic heterocycles. The minimum Gasteiger partial charge on any atom is -0.481 e. The number of nitrogens with two attached hydrogens (primary N) is 1. The van der Waals surface area contributed by atoms with Gasteiger partial charge in [0.2, 0.25) is 0 Å². The van der Waals surface area contributed by atoms with E-state index >= 15 is 0 Å². The molecule has 94 valence electrons. The van der Waals surface area contributed by atoms with Crippen molar-refractivity contribution in [1.82, 2.24) is 5.48 Å². The fourth-order valence-electron chi connectivity index (χ4n) is 1.03. The Labute approximate surface area is 105 Å². The standard InChI is InChI=1S/C11H15ClN2O3/c1-8(11(15)14-16-7-6-13)17-10-4-2-9(12)3-5-10/h2-5,8H,6-7,13H2,1H3,(H,14,15). The van der Waals surface area contributed by atoms with E-state index in [9.17, 15) is 4.79 Å². The number of carbonyl (C=O) groups excluding carboxylic acids is 1. The van der Waals surface area contributed by atoms with Crippen LogP contribution in [0.25, 0.3) is 0 Å². The van der Waals surface area contributed by atoms with E-state index in [1.165, 1.54) is 0 Å². The summed E-state index contributed by atoms with van der Waals surface area (Å²) in [6.45, 7) is 2.22. The second-order valence-electron chi connectivity index (χ2n) is 3.32. The van der Waals surface area contributed by atoms with Gasteiger partial charge in [-0.2, -0.15) is 0 Å². The van der Waals surface area contributed by atoms with Crippen LogP contribution in [0.4, 0.5) is 0 Å². The largest absolute Gasteiger partial charge is 0.481 e. The summed E-state index contributed by atoms with van der Waals surface area (Å²) < 4.78 is 5.38. The molecule has 0 aliphatic rings. The van der Waals surface area contributed by atoms with E-state index in [2.05, 4.69) is 5.48 Å². The Hall–Kier alpha value is -1.30. The van der Waals surface area contributed by atoms with Gasteiger partial charge in [-0.3, -0.25) is 9.63 Å². The third-order valence-electron chi connectivity index (χ3n) is 1.89. The summed E-state index contributed by atoms with van der Waals surface area (Å²) >= 11 is 5.73. The number of nitrogens with one attached hydrogen (secondary N) is 1. The molecule has 0 aromatic heterocycles. The Morgan fingerprint density at radius 2 is 2.12 bits per heavy atom. The van der Waals surface area contributed by atoms with Crippen LogP contribution in [0.1, 0.15) is 6.92 Å². The van der Waals surface area contributed by atoms with Gasteiger partial charge in [-0.15, -0.1) is 0 Å². The van der Waals surface area contributed by atoms with Crippen molar-refractivity contribution in [3.63, 3.8) is 0 Å². The number of rotatable bonds is 6. The zero-order valence-electron chi connectivity index (χ0n) is 9.48. The lowest BCUT2D eigenvalue weighted by atomic mass is 10.3. The molecule has 0 fully saturated rings. The maximum atomic E-state index is 11.5. The molecule has 6 heteroatoms. The highest BCUT2D eigenvalue weighted by molar-refractivity contribution is 6.30. The van der Waals surface area contributed by atoms with E-state index in [4.69, 9.17) is 26.9 Å². The van der Waals surface area contributed by atoms with Gasteiger partial charge in [0, 0.05) is 11.6 Å². The lowest BCUT2D eigenvalue weighted by molar-refractivity contribution is -0.139. The fourth-order valence-corrected chi connectivity index (χ4v) is 1.16. The van der Waals surface area contributed by atoms with Gasteiger partial charge < -0.3 is 10.5 Å². The number of halogens is 1. The topological polar surface area (TPSA) is 73.6 Å². The van der Waals surface area contributed by atoms with Crippen molar-refractivity contribution >= 4 is 17.5 Å². The van der Waals surface area contributed by atoms with Gasteiger partial charge in [0.25, 0.3) is 5.91 Å². The average molecular weight is 259 g/mol. The molecule has 0 spiro atoms. The van der Waals surface area contributed by atoms with Crippen molar-refractivity contribution in [2.75, 3.05) is 13.2 Å². The Morgan fingerprint density at radius 3 is 2.71 bits per heavy atom. The van der Waals surface area contributed by atoms with Gasteiger partial charge in [0.15, 0.2) is 6.10 Å². The maximum Gasteiger partial charge on any atom is 0.284 e. The second kappa shape index (κ2) is 7.11. The van der Waals surface area contributed by atoms with Gasteiger partial charge in [-0.05, 0) is 31.2 Å². The third-order valence-corrected chi connectivity index (χ3v) is 2.14. The summed E-state index contributed by atoms with van der Waals surface area (Å²) in [5.41, 5.74) is 7.45. The Balaban J connectivity index is 2.40. The molecule has 3 N–H and O–H groups in total. The number of carbonyl (C=O) groups is 1. The highest BCUT2D eigenvalue weighted by Gasteiger charge is 2.14. The molecule has 1 atom stereocenters. The molecule has 1 unspecified atom stereocenters. The van der Waals surface area contributed by atoms with Gasteiger partial charge in [0.05, 0.1) is 6.61 Å². The van der Waals surface area contributed by atoms with Crippen LogP contribution >= 0.6 is 11.6 Å². The Morgan fingerprint density at radius 1 is 1.47 bits per heavy atom. The Bertz CT molecular complexity index is 356. The number of amides is 1. The smallest absolute Gasteiger partial charge is 0.284 e. The van der Waals surface area contributed by atoms with E-state index in [1.807, 2.05) is 0 Å². The van der Waals surface area contributed by atoms with Gasteiger partial charge in [0.1, 0.15) is 5.75 Å². The number of hydrogen-bond acceptors (Lipinski definition) is 4. The number of hydrogen-bond donors (Lipinski definition) is 2. The van der Waals surface area contributed by atoms with Crippen molar-refractivity contribution in [3.8, 4) is 5.75 Å². The van der Waals surface area contributed by atoms with Crippen LogP contribution in [0.5, 0.6) is 5.75 Å². The second-order valence-corrected chi connectivity index (χ2v) is 3.75. The SMILES string of the molecule is CC(Oc1ccc(Cl)cc1)C(=O)NOCCN. The zero-order chi connectivity index (χ0) is 12.7. The van der Waals surface area contributed by atoms with Crippen molar-refractivity contribution in [2.24, 2.45) is 5.73 Å². The molecule has 1 rings (SSSR count). The lowest BCUT2D eigenvalue weighted by Gasteiger charge is -2.14. The molecule has 1 aromatic carbocycles. The summed E-state index contributed by atoms with van der Waals surface area (Å²) in [7, 11) is 0. The van der Waals surface area contributed by atoms with Crippen LogP contribution in [-0.2, 0) is 9.63 Å². The highest BCUT2D eigenvalue weighted by atomic mass is 35.5. The zero-order valence-corrected chi connectivity index (χ0v) is 10.2. The van der Waals surface area contributed by atoms with E-state index in [0.29, 0.717) is 17.3 Å². The van der Waals surface area contributed by atoms with Gasteiger partial charge >= 0.3 is 0 Å². The molecular weight excluding hydrogens is 244 g/mol. The predicted molar refractivity (Wildman–Crippen MR) is 64.7 cm³/mol. The summed E-state index contributed by atoms with van der Waals surface area (Å²) in [4.78, 5) is 16.3. The van der Waals surface area contributed by atoms with Gasteiger partial charge in [-0.25, -0.2) is 5.48 Å². The van der Waals surface area contributed by atoms with Crippen LogP contribution in [0.15, 0.2) is 24.3 Å². The molecule has 5 nitrogen and oxygen atoms in total. The molecule has 0 saturated heterocycles. The van der Waals surface area contributed by atoms with Crippen LogP contribution < -0.4 is 16.0 Å². The van der Waals surface area contributed by atoms with Crippen molar-refractivity contribution < 1.29 is 14.4 Å². The van der Waals surface area contributed by atoms with Crippen LogP contribution in [0.2, 0.25) is 5.02 Å². The van der Waals surface area contributed by atoms with E-state index in [-0.39, 0.29) is 12.5 Å². The molecule has 0 aliphatic carbocycles. The molecule has 0 heterocycles. The molecule has 1 amide bonds. The maximum absolute atomic E-state index is 11.5. The number of hydroxylamine groups is 1. The third kappa shape index (κ3) is 5.04. The van der Waals surface area contributed by atoms with Crippen LogP contribution in [-0.4, -0.2) is 25.2 Å². The summed E-state index contributed by atoms with van der Waals surface area (Å²) in [6.07, 6.45) is -0.658. The number of benzene rings is 1. The first-order valence-electron chi connectivity index (χ1n) is 5.17. The normalized spacial score (nSPS) is 11.9. The van der Waals surface area contributed by atoms with Crippen molar-refractivity contribution in [3.05, 3.63) is 29.3 Å². The van der Waals surface area contributed by atoms with E-state index < -0.39 is 6.10 Å². The first-order valence-corrected chi connectivity index (χ1v) is 5.55. The minimum absolute atomic E-state index is 0.263. The van der Waals surface area contributed by atoms with Gasteiger partial charge in [-0.1, -0.05) is 11.6 Å². The van der Waals surface area contributed by atoms with Crippen LogP contribution in [0.3, 0.4) is 0 Å². The first kappa shape index (κ1) is 13.8. The molecule has 1 aromatic rings. The number of ether oxygens (including phenoxy) is 1. The molecule has 0 saturated carbocycles. The highest BCUT2D eigenvalue weighted by Crippen LogP contribution is 2.16. The summed E-state index contributed by atoms with van der Waals surface area (Å²) in [5, 5.41) is 0.612. The average Bonchev–Trinajstić information content (AvgIpc) is 2.32. The van der Waals surface area contributed by atoms with Crippen LogP contribution in [0, 0.1) is 0 Å². The quantitative estimate of drug-likeness (QED) is 0.592. The summed E-state index contributed by atoms with van der Waals surface area (Å²) in [5.74, 6) is 0.198. The summed E-state index contributed by atoms with van der Waals surface area (Å²) in [6, 6.07) is 6.75. The molecule has 17 heavy (non-hydrogen) atoms. The predicted octanol–water partition coefficient (Wildman–Crippen LogP) is 1.11.